The van der Waals surface area contributed by atoms with Crippen LogP contribution in [-0.4, -0.2) is 41.3 Å². The van der Waals surface area contributed by atoms with Crippen molar-refractivity contribution in [1.29, 1.82) is 0 Å². The SMILES string of the molecule is Cc1ccnc(NC(=O)C2CCN(CC(=O)NCc3ccccc3C)CC2)c1. The van der Waals surface area contributed by atoms with Gasteiger partial charge in [-0.1, -0.05) is 24.3 Å². The number of hydrogen-bond acceptors (Lipinski definition) is 4. The quantitative estimate of drug-likeness (QED) is 0.808. The van der Waals surface area contributed by atoms with E-state index >= 15 is 0 Å². The maximum atomic E-state index is 12.5. The summed E-state index contributed by atoms with van der Waals surface area (Å²) in [5.41, 5.74) is 3.38. The summed E-state index contributed by atoms with van der Waals surface area (Å²) < 4.78 is 0. The van der Waals surface area contributed by atoms with E-state index in [9.17, 15) is 9.59 Å². The lowest BCUT2D eigenvalue weighted by atomic mass is 9.96. The number of anilines is 1. The minimum atomic E-state index is -0.0337. The van der Waals surface area contributed by atoms with E-state index in [0.29, 0.717) is 18.9 Å². The van der Waals surface area contributed by atoms with Gasteiger partial charge in [-0.05, 0) is 68.6 Å². The van der Waals surface area contributed by atoms with Gasteiger partial charge in [-0.25, -0.2) is 4.98 Å². The molecule has 0 unspecified atom stereocenters. The zero-order valence-corrected chi connectivity index (χ0v) is 16.6. The Kier molecular flexibility index (Phi) is 6.76. The highest BCUT2D eigenvalue weighted by molar-refractivity contribution is 5.91. The van der Waals surface area contributed by atoms with Crippen molar-refractivity contribution >= 4 is 17.6 Å². The standard InChI is InChI=1S/C22H28N4O2/c1-16-7-10-23-20(13-16)25-22(28)18-8-11-26(12-9-18)15-21(27)24-14-19-6-4-3-5-17(19)2/h3-7,10,13,18H,8-9,11-12,14-15H2,1-2H3,(H,24,27)(H,23,25,28). The molecule has 1 fully saturated rings. The number of nitrogens with zero attached hydrogens (tertiary/aromatic N) is 2. The minimum absolute atomic E-state index is 0.0155. The smallest absolute Gasteiger partial charge is 0.234 e. The number of carbonyl (C=O) groups excluding carboxylic acids is 2. The fraction of sp³-hybridized carbons (Fsp3) is 0.409. The molecule has 1 aliphatic rings. The summed E-state index contributed by atoms with van der Waals surface area (Å²) in [4.78, 5) is 31.0. The second-order valence-electron chi connectivity index (χ2n) is 7.46. The van der Waals surface area contributed by atoms with Gasteiger partial charge in [-0.15, -0.1) is 0 Å². The Labute approximate surface area is 166 Å². The molecule has 1 aromatic carbocycles. The third-order valence-electron chi connectivity index (χ3n) is 5.23. The van der Waals surface area contributed by atoms with Crippen LogP contribution in [0.2, 0.25) is 0 Å². The highest BCUT2D eigenvalue weighted by Crippen LogP contribution is 2.19. The Bertz CT molecular complexity index is 829. The Balaban J connectivity index is 1.40. The lowest BCUT2D eigenvalue weighted by Gasteiger charge is -2.30. The summed E-state index contributed by atoms with van der Waals surface area (Å²) >= 11 is 0. The van der Waals surface area contributed by atoms with Crippen molar-refractivity contribution in [3.63, 3.8) is 0 Å². The Hall–Kier alpha value is -2.73. The highest BCUT2D eigenvalue weighted by Gasteiger charge is 2.26. The van der Waals surface area contributed by atoms with E-state index in [-0.39, 0.29) is 17.7 Å². The summed E-state index contributed by atoms with van der Waals surface area (Å²) in [6.45, 7) is 6.44. The summed E-state index contributed by atoms with van der Waals surface area (Å²) in [6.07, 6.45) is 3.20. The number of hydrogen-bond donors (Lipinski definition) is 2. The molecule has 1 aliphatic heterocycles. The van der Waals surface area contributed by atoms with Crippen LogP contribution in [0.25, 0.3) is 0 Å². The normalized spacial score (nSPS) is 15.2. The molecule has 2 N–H and O–H groups in total. The second kappa shape index (κ2) is 9.46. The third kappa shape index (κ3) is 5.63. The van der Waals surface area contributed by atoms with Crippen LogP contribution in [-0.2, 0) is 16.1 Å². The Morgan fingerprint density at radius 3 is 2.61 bits per heavy atom. The fourth-order valence-electron chi connectivity index (χ4n) is 3.45. The third-order valence-corrected chi connectivity index (χ3v) is 5.23. The molecule has 2 amide bonds. The van der Waals surface area contributed by atoms with Crippen molar-refractivity contribution < 1.29 is 9.59 Å². The number of amides is 2. The van der Waals surface area contributed by atoms with E-state index in [1.165, 1.54) is 5.56 Å². The number of rotatable bonds is 6. The van der Waals surface area contributed by atoms with Gasteiger partial charge in [0, 0.05) is 18.7 Å². The number of piperidine rings is 1. The number of pyridine rings is 1. The molecular formula is C22H28N4O2. The van der Waals surface area contributed by atoms with Crippen LogP contribution in [0.5, 0.6) is 0 Å². The molecule has 1 aromatic heterocycles. The molecule has 28 heavy (non-hydrogen) atoms. The average molecular weight is 380 g/mol. The largest absolute Gasteiger partial charge is 0.351 e. The molecular weight excluding hydrogens is 352 g/mol. The molecule has 0 spiro atoms. The highest BCUT2D eigenvalue weighted by atomic mass is 16.2. The monoisotopic (exact) mass is 380 g/mol. The molecule has 6 heteroatoms. The van der Waals surface area contributed by atoms with Gasteiger partial charge in [-0.2, -0.15) is 0 Å². The molecule has 2 aromatic rings. The summed E-state index contributed by atoms with van der Waals surface area (Å²) in [6, 6.07) is 11.8. The lowest BCUT2D eigenvalue weighted by molar-refractivity contribution is -0.123. The first-order valence-electron chi connectivity index (χ1n) is 9.78. The van der Waals surface area contributed by atoms with Crippen LogP contribution in [0, 0.1) is 19.8 Å². The second-order valence-corrected chi connectivity index (χ2v) is 7.46. The summed E-state index contributed by atoms with van der Waals surface area (Å²) in [7, 11) is 0. The zero-order valence-electron chi connectivity index (χ0n) is 16.6. The molecule has 0 aliphatic carbocycles. The minimum Gasteiger partial charge on any atom is -0.351 e. The molecule has 0 radical (unpaired) electrons. The van der Waals surface area contributed by atoms with Gasteiger partial charge < -0.3 is 10.6 Å². The van der Waals surface area contributed by atoms with E-state index in [1.54, 1.807) is 6.20 Å². The predicted octanol–water partition coefficient (Wildman–Crippen LogP) is 2.67. The molecule has 6 nitrogen and oxygen atoms in total. The number of aromatic nitrogens is 1. The molecule has 148 valence electrons. The van der Waals surface area contributed by atoms with E-state index in [2.05, 4.69) is 20.5 Å². The average Bonchev–Trinajstić information content (AvgIpc) is 2.68. The lowest BCUT2D eigenvalue weighted by Crippen LogP contribution is -2.43. The first-order valence-corrected chi connectivity index (χ1v) is 9.78. The topological polar surface area (TPSA) is 74.3 Å². The molecule has 0 atom stereocenters. The van der Waals surface area contributed by atoms with E-state index in [4.69, 9.17) is 0 Å². The maximum Gasteiger partial charge on any atom is 0.234 e. The van der Waals surface area contributed by atoms with Gasteiger partial charge >= 0.3 is 0 Å². The number of carbonyl (C=O) groups is 2. The maximum absolute atomic E-state index is 12.5. The van der Waals surface area contributed by atoms with Crippen molar-refractivity contribution in [2.45, 2.75) is 33.2 Å². The van der Waals surface area contributed by atoms with E-state index in [1.807, 2.05) is 50.2 Å². The van der Waals surface area contributed by atoms with Crippen LogP contribution in [0.3, 0.4) is 0 Å². The van der Waals surface area contributed by atoms with Crippen LogP contribution in [0.4, 0.5) is 5.82 Å². The van der Waals surface area contributed by atoms with Crippen molar-refractivity contribution in [3.8, 4) is 0 Å². The van der Waals surface area contributed by atoms with Gasteiger partial charge in [0.15, 0.2) is 0 Å². The van der Waals surface area contributed by atoms with Crippen molar-refractivity contribution in [2.75, 3.05) is 25.0 Å². The fourth-order valence-corrected chi connectivity index (χ4v) is 3.45. The van der Waals surface area contributed by atoms with Gasteiger partial charge in [0.2, 0.25) is 11.8 Å². The van der Waals surface area contributed by atoms with E-state index in [0.717, 1.165) is 37.1 Å². The number of benzene rings is 1. The zero-order chi connectivity index (χ0) is 19.9. The van der Waals surface area contributed by atoms with E-state index < -0.39 is 0 Å². The summed E-state index contributed by atoms with van der Waals surface area (Å²) in [5.74, 6) is 0.605. The van der Waals surface area contributed by atoms with Crippen molar-refractivity contribution in [1.82, 2.24) is 15.2 Å². The predicted molar refractivity (Wildman–Crippen MR) is 110 cm³/mol. The van der Waals surface area contributed by atoms with Crippen LogP contribution in [0.1, 0.15) is 29.5 Å². The first-order chi connectivity index (χ1) is 13.5. The molecule has 3 rings (SSSR count). The number of aryl methyl sites for hydroxylation is 2. The van der Waals surface area contributed by atoms with Gasteiger partial charge in [0.25, 0.3) is 0 Å². The first kappa shape index (κ1) is 20.0. The molecule has 2 heterocycles. The van der Waals surface area contributed by atoms with Gasteiger partial charge in [-0.3, -0.25) is 14.5 Å². The number of nitrogens with one attached hydrogen (secondary N) is 2. The van der Waals surface area contributed by atoms with Crippen LogP contribution >= 0.6 is 0 Å². The number of likely N-dealkylation sites (tertiary alicyclic amines) is 1. The van der Waals surface area contributed by atoms with Crippen molar-refractivity contribution in [2.24, 2.45) is 5.92 Å². The summed E-state index contributed by atoms with van der Waals surface area (Å²) in [5, 5.41) is 5.89. The van der Waals surface area contributed by atoms with Gasteiger partial charge in [0.05, 0.1) is 6.54 Å². The van der Waals surface area contributed by atoms with Gasteiger partial charge in [0.1, 0.15) is 5.82 Å². The molecule has 0 saturated carbocycles. The Morgan fingerprint density at radius 2 is 1.89 bits per heavy atom. The molecule has 0 bridgehead atoms. The van der Waals surface area contributed by atoms with Crippen molar-refractivity contribution in [3.05, 3.63) is 59.3 Å². The molecule has 1 saturated heterocycles. The Morgan fingerprint density at radius 1 is 1.14 bits per heavy atom. The van der Waals surface area contributed by atoms with Crippen LogP contribution in [0.15, 0.2) is 42.6 Å². The van der Waals surface area contributed by atoms with Crippen LogP contribution < -0.4 is 10.6 Å².